The van der Waals surface area contributed by atoms with Gasteiger partial charge in [-0.15, -0.1) is 10.2 Å². The van der Waals surface area contributed by atoms with Gasteiger partial charge in [-0.1, -0.05) is 42.1 Å². The number of nitrogens with two attached hydrogens (primary N) is 1. The van der Waals surface area contributed by atoms with Crippen LogP contribution in [-0.4, -0.2) is 55.3 Å². The topological polar surface area (TPSA) is 129 Å². The summed E-state index contributed by atoms with van der Waals surface area (Å²) in [6.07, 6.45) is 0. The van der Waals surface area contributed by atoms with E-state index in [1.807, 2.05) is 61.0 Å². The van der Waals surface area contributed by atoms with Crippen LogP contribution < -0.4 is 20.9 Å². The van der Waals surface area contributed by atoms with Crippen LogP contribution in [-0.2, 0) is 12.3 Å². The Morgan fingerprint density at radius 1 is 1.03 bits per heavy atom. The molecule has 178 valence electrons. The Morgan fingerprint density at radius 2 is 1.80 bits per heavy atom. The number of anilines is 2. The van der Waals surface area contributed by atoms with Gasteiger partial charge in [0.05, 0.1) is 30.3 Å². The Labute approximate surface area is 204 Å². The van der Waals surface area contributed by atoms with Crippen LogP contribution in [0.25, 0.3) is 16.7 Å². The van der Waals surface area contributed by atoms with E-state index in [2.05, 4.69) is 25.1 Å². The molecule has 35 heavy (non-hydrogen) atoms. The third-order valence-electron chi connectivity index (χ3n) is 5.42. The van der Waals surface area contributed by atoms with E-state index >= 15 is 0 Å². The summed E-state index contributed by atoms with van der Waals surface area (Å²) in [5.74, 6) is 2.69. The number of nitrogen functional groups attached to an aromatic ring is 1. The molecular formula is C23H23N9O2S. The highest BCUT2D eigenvalue weighted by Gasteiger charge is 2.18. The van der Waals surface area contributed by atoms with E-state index in [-0.39, 0.29) is 18.1 Å². The Balaban J connectivity index is 1.60. The van der Waals surface area contributed by atoms with Crippen LogP contribution in [0.4, 0.5) is 11.9 Å². The van der Waals surface area contributed by atoms with Crippen LogP contribution in [0.2, 0.25) is 0 Å². The van der Waals surface area contributed by atoms with Crippen LogP contribution in [0.1, 0.15) is 11.4 Å². The molecule has 3 heterocycles. The Kier molecular flexibility index (Phi) is 5.95. The van der Waals surface area contributed by atoms with E-state index in [1.165, 1.54) is 11.8 Å². The smallest absolute Gasteiger partial charge is 0.263 e. The first-order valence-electron chi connectivity index (χ1n) is 10.8. The van der Waals surface area contributed by atoms with Gasteiger partial charge in [-0.05, 0) is 18.2 Å². The van der Waals surface area contributed by atoms with E-state index in [4.69, 9.17) is 10.5 Å². The number of aromatic nitrogens is 7. The molecule has 0 spiro atoms. The zero-order chi connectivity index (χ0) is 24.5. The van der Waals surface area contributed by atoms with Gasteiger partial charge in [-0.3, -0.25) is 13.8 Å². The largest absolute Gasteiger partial charge is 0.496 e. The fraction of sp³-hybridized carbons (Fsp3) is 0.217. The van der Waals surface area contributed by atoms with Gasteiger partial charge in [0.25, 0.3) is 5.56 Å². The molecule has 5 aromatic rings. The van der Waals surface area contributed by atoms with Crippen molar-refractivity contribution in [2.75, 3.05) is 31.8 Å². The fourth-order valence-electron chi connectivity index (χ4n) is 3.79. The summed E-state index contributed by atoms with van der Waals surface area (Å²) >= 11 is 1.40. The summed E-state index contributed by atoms with van der Waals surface area (Å²) in [4.78, 5) is 28.1. The maximum Gasteiger partial charge on any atom is 0.263 e. The molecule has 0 bridgehead atoms. The fourth-order valence-corrected chi connectivity index (χ4v) is 4.59. The first kappa shape index (κ1) is 22.6. The zero-order valence-corrected chi connectivity index (χ0v) is 20.2. The van der Waals surface area contributed by atoms with Crippen LogP contribution in [0.15, 0.2) is 58.5 Å². The van der Waals surface area contributed by atoms with Crippen molar-refractivity contribution in [3.05, 3.63) is 70.3 Å². The van der Waals surface area contributed by atoms with E-state index in [0.717, 1.165) is 11.1 Å². The van der Waals surface area contributed by atoms with E-state index in [9.17, 15) is 4.79 Å². The number of thioether (sulfide) groups is 1. The predicted molar refractivity (Wildman–Crippen MR) is 135 cm³/mol. The minimum Gasteiger partial charge on any atom is -0.496 e. The van der Waals surface area contributed by atoms with E-state index in [0.29, 0.717) is 39.6 Å². The van der Waals surface area contributed by atoms with Gasteiger partial charge >= 0.3 is 0 Å². The summed E-state index contributed by atoms with van der Waals surface area (Å²) in [5, 5.41) is 9.96. The maximum absolute atomic E-state index is 13.5. The van der Waals surface area contributed by atoms with Crippen LogP contribution >= 0.6 is 11.8 Å². The number of fused-ring (bicyclic) bond motifs is 3. The van der Waals surface area contributed by atoms with E-state index in [1.54, 1.807) is 22.6 Å². The van der Waals surface area contributed by atoms with Gasteiger partial charge in [0, 0.05) is 19.7 Å². The van der Waals surface area contributed by atoms with Gasteiger partial charge in [-0.2, -0.15) is 15.0 Å². The minimum atomic E-state index is -0.149. The predicted octanol–water partition coefficient (Wildman–Crippen LogP) is 2.23. The van der Waals surface area contributed by atoms with Gasteiger partial charge < -0.3 is 15.4 Å². The lowest BCUT2D eigenvalue weighted by atomic mass is 10.2. The third-order valence-corrected chi connectivity index (χ3v) is 6.34. The van der Waals surface area contributed by atoms with Crippen molar-refractivity contribution < 1.29 is 4.74 Å². The number of hydrogen-bond donors (Lipinski definition) is 1. The zero-order valence-electron chi connectivity index (χ0n) is 19.4. The lowest BCUT2D eigenvalue weighted by molar-refractivity contribution is 0.408. The van der Waals surface area contributed by atoms with Crippen molar-refractivity contribution >= 4 is 40.3 Å². The molecule has 0 fully saturated rings. The monoisotopic (exact) mass is 489 g/mol. The normalized spacial score (nSPS) is 11.3. The second kappa shape index (κ2) is 9.22. The quantitative estimate of drug-likeness (QED) is 0.340. The molecule has 0 radical (unpaired) electrons. The molecule has 0 amide bonds. The Hall–Kier alpha value is -4.19. The van der Waals surface area contributed by atoms with Crippen molar-refractivity contribution in [1.29, 1.82) is 0 Å². The lowest BCUT2D eigenvalue weighted by Gasteiger charge is -2.13. The number of methoxy groups -OCH3 is 1. The van der Waals surface area contributed by atoms with Crippen LogP contribution in [0.5, 0.6) is 5.75 Å². The first-order valence-corrected chi connectivity index (χ1v) is 11.7. The highest BCUT2D eigenvalue weighted by atomic mass is 32.2. The average Bonchev–Trinajstić information content (AvgIpc) is 3.29. The van der Waals surface area contributed by atoms with E-state index < -0.39 is 0 Å². The second-order valence-electron chi connectivity index (χ2n) is 7.93. The minimum absolute atomic E-state index is 0.149. The third kappa shape index (κ3) is 4.23. The molecule has 0 saturated carbocycles. The number of benzene rings is 2. The molecular weight excluding hydrogens is 466 g/mol. The second-order valence-corrected chi connectivity index (χ2v) is 8.87. The molecule has 2 aromatic carbocycles. The molecule has 0 aliphatic heterocycles. The summed E-state index contributed by atoms with van der Waals surface area (Å²) in [6, 6.07) is 15.0. The summed E-state index contributed by atoms with van der Waals surface area (Å²) in [7, 11) is 5.29. The summed E-state index contributed by atoms with van der Waals surface area (Å²) in [5.41, 5.74) is 7.30. The van der Waals surface area contributed by atoms with Gasteiger partial charge in [0.2, 0.25) is 17.7 Å². The number of para-hydroxylation sites is 2. The molecule has 0 saturated heterocycles. The Morgan fingerprint density at radius 3 is 2.60 bits per heavy atom. The number of ether oxygens (including phenoxy) is 1. The number of rotatable bonds is 7. The average molecular weight is 490 g/mol. The SMILES string of the molecule is COc1ccccc1Cn1c(=O)c2ccccc2n2c(SCc3nc(N)nc(N(C)C)n3)nnc12. The molecule has 0 atom stereocenters. The van der Waals surface area contributed by atoms with Crippen LogP contribution in [0.3, 0.4) is 0 Å². The molecule has 0 unspecified atom stereocenters. The van der Waals surface area contributed by atoms with Crippen molar-refractivity contribution in [1.82, 2.24) is 34.1 Å². The van der Waals surface area contributed by atoms with Crippen molar-refractivity contribution in [2.45, 2.75) is 17.5 Å². The molecule has 5 rings (SSSR count). The lowest BCUT2D eigenvalue weighted by Crippen LogP contribution is -2.24. The molecule has 0 aliphatic rings. The van der Waals surface area contributed by atoms with Crippen molar-refractivity contribution in [2.24, 2.45) is 0 Å². The van der Waals surface area contributed by atoms with Gasteiger partial charge in [0.1, 0.15) is 11.6 Å². The highest BCUT2D eigenvalue weighted by molar-refractivity contribution is 7.98. The highest BCUT2D eigenvalue weighted by Crippen LogP contribution is 2.25. The van der Waals surface area contributed by atoms with Gasteiger partial charge in [-0.25, -0.2) is 0 Å². The van der Waals surface area contributed by atoms with Crippen molar-refractivity contribution in [3.8, 4) is 5.75 Å². The van der Waals surface area contributed by atoms with Gasteiger partial charge in [0.15, 0.2) is 5.16 Å². The molecule has 2 N–H and O–H groups in total. The molecule has 12 heteroatoms. The summed E-state index contributed by atoms with van der Waals surface area (Å²) < 4.78 is 8.99. The molecule has 3 aromatic heterocycles. The number of hydrogen-bond acceptors (Lipinski definition) is 10. The Bertz CT molecular complexity index is 1600. The van der Waals surface area contributed by atoms with Crippen molar-refractivity contribution in [3.63, 3.8) is 0 Å². The maximum atomic E-state index is 13.5. The first-order chi connectivity index (χ1) is 17.0. The summed E-state index contributed by atoms with van der Waals surface area (Å²) in [6.45, 7) is 0.288. The molecule has 0 aliphatic carbocycles. The number of nitrogens with zero attached hydrogens (tertiary/aromatic N) is 8. The standard InChI is InChI=1S/C23H23N9O2S/c1-30(2)21-26-18(25-20(24)27-21)13-35-23-29-28-22-31(12-14-8-4-7-11-17(14)34-3)19(33)15-9-5-6-10-16(15)32(22)23/h4-11H,12-13H2,1-3H3,(H2,24,25,26,27). The molecule has 11 nitrogen and oxygen atoms in total. The van der Waals surface area contributed by atoms with Crippen LogP contribution in [0, 0.1) is 0 Å².